The summed E-state index contributed by atoms with van der Waals surface area (Å²) in [5, 5.41) is 0. The van der Waals surface area contributed by atoms with Crippen LogP contribution in [0.2, 0.25) is 0 Å². The first-order chi connectivity index (χ1) is 8.06. The van der Waals surface area contributed by atoms with Crippen molar-refractivity contribution in [1.82, 2.24) is 0 Å². The zero-order valence-corrected chi connectivity index (χ0v) is 11.9. The first kappa shape index (κ1) is 16.4. The molecule has 2 N–H and O–H groups in total. The number of esters is 1. The maximum Gasteiger partial charge on any atom is 0.313 e. The molecule has 0 spiro atoms. The van der Waals surface area contributed by atoms with Crippen LogP contribution >= 0.6 is 0 Å². The maximum absolute atomic E-state index is 12.1. The molecule has 0 aliphatic heterocycles. The highest BCUT2D eigenvalue weighted by Crippen LogP contribution is 2.34. The molecule has 17 heavy (non-hydrogen) atoms. The topological polar surface area (TPSA) is 52.3 Å². The van der Waals surface area contributed by atoms with Crippen molar-refractivity contribution in [1.29, 1.82) is 0 Å². The Kier molecular flexibility index (Phi) is 8.23. The minimum absolute atomic E-state index is 0.104. The van der Waals surface area contributed by atoms with Gasteiger partial charge in [0.2, 0.25) is 0 Å². The van der Waals surface area contributed by atoms with Crippen LogP contribution in [0, 0.1) is 11.3 Å². The molecule has 0 radical (unpaired) electrons. The second kappa shape index (κ2) is 8.51. The van der Waals surface area contributed by atoms with Gasteiger partial charge in [0.05, 0.1) is 12.0 Å². The van der Waals surface area contributed by atoms with Crippen LogP contribution in [-0.2, 0) is 9.53 Å². The predicted octanol–water partition coefficient (Wildman–Crippen LogP) is 3.12. The molecule has 2 atom stereocenters. The van der Waals surface area contributed by atoms with Crippen LogP contribution in [0.25, 0.3) is 0 Å². The van der Waals surface area contributed by atoms with E-state index in [1.54, 1.807) is 0 Å². The monoisotopic (exact) mass is 243 g/mol. The van der Waals surface area contributed by atoms with Gasteiger partial charge in [0.1, 0.15) is 0 Å². The third kappa shape index (κ3) is 5.07. The van der Waals surface area contributed by atoms with Crippen molar-refractivity contribution in [3.8, 4) is 0 Å². The van der Waals surface area contributed by atoms with Gasteiger partial charge < -0.3 is 10.5 Å². The van der Waals surface area contributed by atoms with Gasteiger partial charge in [-0.05, 0) is 25.7 Å². The lowest BCUT2D eigenvalue weighted by Crippen LogP contribution is -2.41. The molecule has 0 fully saturated rings. The van der Waals surface area contributed by atoms with Gasteiger partial charge in [-0.25, -0.2) is 0 Å². The first-order valence-corrected chi connectivity index (χ1v) is 6.93. The highest BCUT2D eigenvalue weighted by Gasteiger charge is 2.38. The van der Waals surface area contributed by atoms with E-state index in [9.17, 15) is 4.79 Å². The summed E-state index contributed by atoms with van der Waals surface area (Å²) in [5.74, 6) is 0.423. The Bertz CT molecular complexity index is 218. The number of carbonyl (C=O) groups excluding carboxylic acids is 1. The Balaban J connectivity index is 4.73. The summed E-state index contributed by atoms with van der Waals surface area (Å²) in [6, 6.07) is 0. The number of hydrogen-bond acceptors (Lipinski definition) is 3. The molecule has 0 aromatic rings. The smallest absolute Gasteiger partial charge is 0.313 e. The van der Waals surface area contributed by atoms with E-state index in [0.29, 0.717) is 19.1 Å². The summed E-state index contributed by atoms with van der Waals surface area (Å²) in [4.78, 5) is 12.1. The Morgan fingerprint density at radius 2 is 1.94 bits per heavy atom. The van der Waals surface area contributed by atoms with E-state index in [4.69, 9.17) is 10.5 Å². The third-order valence-corrected chi connectivity index (χ3v) is 3.35. The number of carbonyl (C=O) groups is 1. The zero-order valence-electron chi connectivity index (χ0n) is 11.9. The van der Waals surface area contributed by atoms with Crippen LogP contribution in [0.4, 0.5) is 0 Å². The second-order valence-electron chi connectivity index (χ2n) is 5.05. The molecule has 3 nitrogen and oxygen atoms in total. The van der Waals surface area contributed by atoms with Crippen molar-refractivity contribution in [2.75, 3.05) is 13.2 Å². The predicted molar refractivity (Wildman–Crippen MR) is 71.7 cm³/mol. The molecule has 0 saturated carbocycles. The first-order valence-electron chi connectivity index (χ1n) is 6.93. The lowest BCUT2D eigenvalue weighted by molar-refractivity contribution is -0.156. The molecule has 102 valence electrons. The van der Waals surface area contributed by atoms with Gasteiger partial charge in [-0.3, -0.25) is 4.79 Å². The van der Waals surface area contributed by atoms with Crippen LogP contribution in [0.1, 0.15) is 59.8 Å². The Hall–Kier alpha value is -0.570. The van der Waals surface area contributed by atoms with Gasteiger partial charge in [0.15, 0.2) is 0 Å². The van der Waals surface area contributed by atoms with Crippen molar-refractivity contribution >= 4 is 5.97 Å². The van der Waals surface area contributed by atoms with Gasteiger partial charge in [-0.2, -0.15) is 0 Å². The van der Waals surface area contributed by atoms with Crippen molar-refractivity contribution < 1.29 is 9.53 Å². The van der Waals surface area contributed by atoms with Crippen LogP contribution in [-0.4, -0.2) is 19.1 Å². The fraction of sp³-hybridized carbons (Fsp3) is 0.929. The van der Waals surface area contributed by atoms with Crippen LogP contribution < -0.4 is 5.73 Å². The quantitative estimate of drug-likeness (QED) is 0.633. The fourth-order valence-electron chi connectivity index (χ4n) is 2.58. The summed E-state index contributed by atoms with van der Waals surface area (Å²) in [5.41, 5.74) is 5.41. The Labute approximate surface area is 106 Å². The van der Waals surface area contributed by atoms with Gasteiger partial charge in [0.25, 0.3) is 0 Å². The van der Waals surface area contributed by atoms with E-state index in [2.05, 4.69) is 20.8 Å². The normalized spacial score (nSPS) is 16.3. The van der Waals surface area contributed by atoms with Gasteiger partial charge in [-0.1, -0.05) is 40.0 Å². The van der Waals surface area contributed by atoms with Crippen molar-refractivity contribution in [3.63, 3.8) is 0 Å². The number of nitrogens with two attached hydrogens (primary N) is 1. The van der Waals surface area contributed by atoms with Gasteiger partial charge in [0, 0.05) is 6.54 Å². The average molecular weight is 243 g/mol. The summed E-state index contributed by atoms with van der Waals surface area (Å²) in [7, 11) is 0. The van der Waals surface area contributed by atoms with Gasteiger partial charge in [-0.15, -0.1) is 0 Å². The summed E-state index contributed by atoms with van der Waals surface area (Å²) in [6.07, 6.45) is 4.94. The lowest BCUT2D eigenvalue weighted by Gasteiger charge is -2.32. The molecular formula is C14H29NO2. The minimum Gasteiger partial charge on any atom is -0.466 e. The molecule has 0 aromatic heterocycles. The van der Waals surface area contributed by atoms with Gasteiger partial charge >= 0.3 is 5.97 Å². The van der Waals surface area contributed by atoms with E-state index in [-0.39, 0.29) is 5.97 Å². The summed E-state index contributed by atoms with van der Waals surface area (Å²) in [6.45, 7) is 9.14. The molecule has 0 aromatic carbocycles. The summed E-state index contributed by atoms with van der Waals surface area (Å²) < 4.78 is 5.21. The van der Waals surface area contributed by atoms with Crippen LogP contribution in [0.3, 0.4) is 0 Å². The third-order valence-electron chi connectivity index (χ3n) is 3.35. The van der Waals surface area contributed by atoms with E-state index in [0.717, 1.165) is 32.1 Å². The number of rotatable bonds is 9. The molecule has 0 rings (SSSR count). The van der Waals surface area contributed by atoms with E-state index in [1.165, 1.54) is 0 Å². The lowest BCUT2D eigenvalue weighted by atomic mass is 9.75. The number of hydrogen-bond donors (Lipinski definition) is 1. The zero-order chi connectivity index (χ0) is 13.3. The molecule has 0 aliphatic rings. The van der Waals surface area contributed by atoms with E-state index in [1.807, 2.05) is 6.92 Å². The molecule has 0 aliphatic carbocycles. The van der Waals surface area contributed by atoms with Crippen molar-refractivity contribution in [3.05, 3.63) is 0 Å². The molecule has 3 heteroatoms. The highest BCUT2D eigenvalue weighted by atomic mass is 16.5. The van der Waals surface area contributed by atoms with Crippen molar-refractivity contribution in [2.45, 2.75) is 59.8 Å². The minimum atomic E-state index is -0.459. The largest absolute Gasteiger partial charge is 0.466 e. The Morgan fingerprint density at radius 3 is 2.35 bits per heavy atom. The van der Waals surface area contributed by atoms with E-state index < -0.39 is 5.41 Å². The fourth-order valence-corrected chi connectivity index (χ4v) is 2.58. The SMILES string of the molecule is CCCC(C)CC(CN)(CCC)C(=O)OCC. The van der Waals surface area contributed by atoms with Crippen LogP contribution in [0.5, 0.6) is 0 Å². The molecule has 0 bridgehead atoms. The maximum atomic E-state index is 12.1. The molecule has 0 saturated heterocycles. The molecular weight excluding hydrogens is 214 g/mol. The average Bonchev–Trinajstić information content (AvgIpc) is 2.29. The van der Waals surface area contributed by atoms with Crippen LogP contribution in [0.15, 0.2) is 0 Å². The number of ether oxygens (including phenoxy) is 1. The van der Waals surface area contributed by atoms with Crippen molar-refractivity contribution in [2.24, 2.45) is 17.1 Å². The Morgan fingerprint density at radius 1 is 1.29 bits per heavy atom. The standard InChI is InChI=1S/C14H29NO2/c1-5-8-12(4)10-14(11-15,9-6-2)13(16)17-7-3/h12H,5-11,15H2,1-4H3. The highest BCUT2D eigenvalue weighted by molar-refractivity contribution is 5.77. The summed E-state index contributed by atoms with van der Waals surface area (Å²) >= 11 is 0. The molecule has 0 amide bonds. The molecule has 2 unspecified atom stereocenters. The van der Waals surface area contributed by atoms with E-state index >= 15 is 0 Å². The second-order valence-corrected chi connectivity index (χ2v) is 5.05. The molecule has 0 heterocycles.